The molecule has 5 rings (SSSR count). The number of pyridine rings is 1. The van der Waals surface area contributed by atoms with Gasteiger partial charge in [-0.2, -0.15) is 0 Å². The number of benzene rings is 1. The highest BCUT2D eigenvalue weighted by molar-refractivity contribution is 7.98. The number of aryl methyl sites for hydroxylation is 1. The van der Waals surface area contributed by atoms with Crippen molar-refractivity contribution in [2.75, 3.05) is 32.5 Å². The van der Waals surface area contributed by atoms with Gasteiger partial charge in [0.15, 0.2) is 11.5 Å². The Labute approximate surface area is 232 Å². The molecule has 10 heteroatoms. The van der Waals surface area contributed by atoms with E-state index in [-0.39, 0.29) is 23.9 Å². The van der Waals surface area contributed by atoms with Gasteiger partial charge in [0.2, 0.25) is 0 Å². The summed E-state index contributed by atoms with van der Waals surface area (Å²) in [4.78, 5) is 31.8. The minimum Gasteiger partial charge on any atom is -0.448 e. The fraction of sp³-hybridized carbons (Fsp3) is 0.571. The zero-order valence-electron chi connectivity index (χ0n) is 22.4. The number of rotatable bonds is 7. The highest BCUT2D eigenvalue weighted by Gasteiger charge is 2.47. The van der Waals surface area contributed by atoms with Crippen molar-refractivity contribution in [1.29, 1.82) is 0 Å². The average molecular weight is 562 g/mol. The smallest absolute Gasteiger partial charge is 0.254 e. The third-order valence-electron chi connectivity index (χ3n) is 7.98. The van der Waals surface area contributed by atoms with Crippen LogP contribution in [0.2, 0.25) is 5.02 Å². The number of hydrogen-bond acceptors (Lipinski definition) is 7. The number of carbonyl (C=O) groups excluding carboxylic acids is 1. The number of piperidine rings is 1. The van der Waals surface area contributed by atoms with Gasteiger partial charge in [0.1, 0.15) is 0 Å². The van der Waals surface area contributed by atoms with Crippen LogP contribution in [0.4, 0.5) is 0 Å². The number of aromatic nitrogens is 1. The van der Waals surface area contributed by atoms with E-state index < -0.39 is 5.79 Å². The molecule has 3 aliphatic rings. The van der Waals surface area contributed by atoms with Crippen LogP contribution in [0.3, 0.4) is 0 Å². The summed E-state index contributed by atoms with van der Waals surface area (Å²) in [6.45, 7) is 9.57. The summed E-state index contributed by atoms with van der Waals surface area (Å²) in [6.07, 6.45) is 6.46. The van der Waals surface area contributed by atoms with E-state index in [4.69, 9.17) is 25.8 Å². The van der Waals surface area contributed by atoms with Crippen LogP contribution in [0.5, 0.6) is 11.5 Å². The van der Waals surface area contributed by atoms with Gasteiger partial charge in [-0.3, -0.25) is 9.59 Å². The van der Waals surface area contributed by atoms with Crippen molar-refractivity contribution in [1.82, 2.24) is 15.2 Å². The fourth-order valence-corrected chi connectivity index (χ4v) is 6.70. The summed E-state index contributed by atoms with van der Waals surface area (Å²) in [5.74, 6) is 0.0413. The van der Waals surface area contributed by atoms with Crippen molar-refractivity contribution >= 4 is 29.3 Å². The summed E-state index contributed by atoms with van der Waals surface area (Å²) in [6, 6.07) is 3.53. The van der Waals surface area contributed by atoms with Crippen molar-refractivity contribution in [3.63, 3.8) is 0 Å². The second kappa shape index (κ2) is 11.1. The van der Waals surface area contributed by atoms with Crippen molar-refractivity contribution < 1.29 is 19.0 Å². The molecule has 0 unspecified atom stereocenters. The molecule has 8 nitrogen and oxygen atoms in total. The molecule has 2 N–H and O–H groups in total. The number of carbonyl (C=O) groups is 1. The predicted octanol–water partition coefficient (Wildman–Crippen LogP) is 4.68. The molecule has 2 saturated heterocycles. The Balaban J connectivity index is 1.27. The monoisotopic (exact) mass is 561 g/mol. The van der Waals surface area contributed by atoms with Gasteiger partial charge >= 0.3 is 0 Å². The van der Waals surface area contributed by atoms with Gasteiger partial charge in [-0.05, 0) is 71.0 Å². The average Bonchev–Trinajstić information content (AvgIpc) is 3.54. The first-order valence-electron chi connectivity index (χ1n) is 13.3. The van der Waals surface area contributed by atoms with Crippen molar-refractivity contribution in [2.24, 2.45) is 5.92 Å². The molecular formula is C28H36ClN3O5S. The van der Waals surface area contributed by atoms with E-state index in [9.17, 15) is 9.59 Å². The highest BCUT2D eigenvalue weighted by Crippen LogP contribution is 2.51. The summed E-state index contributed by atoms with van der Waals surface area (Å²) in [5, 5.41) is 3.23. The third kappa shape index (κ3) is 5.43. The minimum atomic E-state index is -0.843. The maximum Gasteiger partial charge on any atom is 0.254 e. The van der Waals surface area contributed by atoms with Gasteiger partial charge in [0, 0.05) is 59.8 Å². The van der Waals surface area contributed by atoms with E-state index in [1.807, 2.05) is 33.1 Å². The number of amides is 1. The van der Waals surface area contributed by atoms with Gasteiger partial charge in [-0.25, -0.2) is 0 Å². The van der Waals surface area contributed by atoms with Crippen molar-refractivity contribution in [3.05, 3.63) is 49.9 Å². The maximum atomic E-state index is 13.2. The number of ether oxygens (including phenoxy) is 3. The molecule has 0 bridgehead atoms. The Morgan fingerprint density at radius 1 is 1.21 bits per heavy atom. The van der Waals surface area contributed by atoms with E-state index in [0.29, 0.717) is 39.3 Å². The van der Waals surface area contributed by atoms with Crippen LogP contribution in [0.1, 0.15) is 59.8 Å². The minimum absolute atomic E-state index is 0.109. The molecule has 206 valence electrons. The zero-order valence-corrected chi connectivity index (χ0v) is 24.0. The SMILES string of the molecule is CSc1cc(C)[nH]c(=O)c1CNC(=O)c1cc(Cl)c2c(c1C)O[C@@](C)(C1CCN(C[C@@H]3CCCO3)CC1)O2. The van der Waals surface area contributed by atoms with Crippen LogP contribution in [-0.4, -0.2) is 60.2 Å². The summed E-state index contributed by atoms with van der Waals surface area (Å²) in [5.41, 5.74) is 2.18. The molecule has 2 fully saturated rings. The Morgan fingerprint density at radius 3 is 2.63 bits per heavy atom. The van der Waals surface area contributed by atoms with Crippen LogP contribution >= 0.6 is 23.4 Å². The number of nitrogens with one attached hydrogen (secondary N) is 2. The Hall–Kier alpha value is -2.20. The molecule has 2 aromatic rings. The van der Waals surface area contributed by atoms with E-state index in [2.05, 4.69) is 15.2 Å². The number of likely N-dealkylation sites (tertiary alicyclic amines) is 1. The van der Waals surface area contributed by atoms with E-state index in [0.717, 1.165) is 62.5 Å². The first kappa shape index (κ1) is 27.4. The zero-order chi connectivity index (χ0) is 27.0. The lowest BCUT2D eigenvalue weighted by Crippen LogP contribution is -2.49. The van der Waals surface area contributed by atoms with Gasteiger partial charge in [0.25, 0.3) is 17.3 Å². The van der Waals surface area contributed by atoms with Crippen LogP contribution in [0.15, 0.2) is 21.8 Å². The van der Waals surface area contributed by atoms with Crippen LogP contribution in [0, 0.1) is 19.8 Å². The summed E-state index contributed by atoms with van der Waals surface area (Å²) in [7, 11) is 0. The summed E-state index contributed by atoms with van der Waals surface area (Å²) < 4.78 is 18.6. The predicted molar refractivity (Wildman–Crippen MR) is 149 cm³/mol. The number of hydrogen-bond donors (Lipinski definition) is 2. The fourth-order valence-electron chi connectivity index (χ4n) is 5.76. The molecule has 1 aromatic heterocycles. The lowest BCUT2D eigenvalue weighted by molar-refractivity contribution is -0.126. The lowest BCUT2D eigenvalue weighted by Gasteiger charge is -2.39. The van der Waals surface area contributed by atoms with E-state index >= 15 is 0 Å². The molecule has 1 amide bonds. The topological polar surface area (TPSA) is 92.9 Å². The second-order valence-corrected chi connectivity index (χ2v) is 11.9. The highest BCUT2D eigenvalue weighted by atomic mass is 35.5. The van der Waals surface area contributed by atoms with E-state index in [1.165, 1.54) is 11.8 Å². The standard InChI is InChI=1S/C28H36ClN3O5S/c1-16-12-23(38-4)21(27(34)31-16)14-30-26(33)20-13-22(29)25-24(17(20)2)36-28(3,37-25)18-7-9-32(10-8-18)15-19-6-5-11-35-19/h12-13,18-19H,5-11,14-15H2,1-4H3,(H,30,33)(H,31,34)/t19-,28+/m0/s1. The largest absolute Gasteiger partial charge is 0.448 e. The maximum absolute atomic E-state index is 13.2. The van der Waals surface area contributed by atoms with Crippen LogP contribution in [-0.2, 0) is 11.3 Å². The number of nitrogens with zero attached hydrogens (tertiary/aromatic N) is 1. The number of H-pyrrole nitrogens is 1. The van der Waals surface area contributed by atoms with Crippen LogP contribution < -0.4 is 20.3 Å². The first-order valence-corrected chi connectivity index (χ1v) is 14.9. The molecule has 4 heterocycles. The van der Waals surface area contributed by atoms with E-state index in [1.54, 1.807) is 6.07 Å². The number of fused-ring (bicyclic) bond motifs is 1. The lowest BCUT2D eigenvalue weighted by atomic mass is 9.89. The molecule has 38 heavy (non-hydrogen) atoms. The quantitative estimate of drug-likeness (QED) is 0.474. The van der Waals surface area contributed by atoms with Gasteiger partial charge in [-0.15, -0.1) is 11.8 Å². The normalized spacial score (nSPS) is 23.7. The summed E-state index contributed by atoms with van der Waals surface area (Å²) >= 11 is 8.09. The van der Waals surface area contributed by atoms with Gasteiger partial charge < -0.3 is 29.4 Å². The molecule has 0 aliphatic carbocycles. The molecular weight excluding hydrogens is 526 g/mol. The number of aromatic amines is 1. The van der Waals surface area contributed by atoms with Crippen LogP contribution in [0.25, 0.3) is 0 Å². The second-order valence-electron chi connectivity index (χ2n) is 10.6. The first-order chi connectivity index (χ1) is 18.2. The molecule has 0 spiro atoms. The molecule has 0 radical (unpaired) electrons. The number of halogens is 1. The Morgan fingerprint density at radius 2 is 1.95 bits per heavy atom. The van der Waals surface area contributed by atoms with Gasteiger partial charge in [0.05, 0.1) is 11.1 Å². The van der Waals surface area contributed by atoms with Gasteiger partial charge in [-0.1, -0.05) is 11.6 Å². The third-order valence-corrected chi connectivity index (χ3v) is 9.07. The Kier molecular flexibility index (Phi) is 8.01. The Bertz CT molecular complexity index is 1270. The molecule has 0 saturated carbocycles. The molecule has 2 atom stereocenters. The molecule has 3 aliphatic heterocycles. The number of thioether (sulfide) groups is 1. The van der Waals surface area contributed by atoms with Crippen molar-refractivity contribution in [3.8, 4) is 11.5 Å². The van der Waals surface area contributed by atoms with Crippen molar-refractivity contribution in [2.45, 2.75) is 69.8 Å². The molecule has 1 aromatic carbocycles.